The highest BCUT2D eigenvalue weighted by Gasteiger charge is 2.30. The molecule has 1 fully saturated rings. The molecule has 1 aliphatic carbocycles. The van der Waals surface area contributed by atoms with Crippen molar-refractivity contribution in [3.05, 3.63) is 11.3 Å². The third kappa shape index (κ3) is 2.36. The quantitative estimate of drug-likeness (QED) is 0.841. The first kappa shape index (κ1) is 11.4. The SMILES string of the molecule is CCOC1CC(Nc2ncnc(N)c2Cl)C1. The molecule has 0 aromatic carbocycles. The molecule has 1 heterocycles. The van der Waals surface area contributed by atoms with E-state index in [1.165, 1.54) is 6.33 Å². The number of hydrogen-bond acceptors (Lipinski definition) is 5. The van der Waals surface area contributed by atoms with E-state index >= 15 is 0 Å². The van der Waals surface area contributed by atoms with E-state index in [-0.39, 0.29) is 0 Å². The van der Waals surface area contributed by atoms with Gasteiger partial charge in [0.1, 0.15) is 17.2 Å². The summed E-state index contributed by atoms with van der Waals surface area (Å²) in [5.41, 5.74) is 5.58. The number of hydrogen-bond donors (Lipinski definition) is 2. The van der Waals surface area contributed by atoms with Crippen molar-refractivity contribution in [3.63, 3.8) is 0 Å². The summed E-state index contributed by atoms with van der Waals surface area (Å²) in [5, 5.41) is 3.62. The average molecular weight is 243 g/mol. The lowest BCUT2D eigenvalue weighted by atomic mass is 9.89. The summed E-state index contributed by atoms with van der Waals surface area (Å²) in [5.74, 6) is 0.911. The van der Waals surface area contributed by atoms with Gasteiger partial charge >= 0.3 is 0 Å². The van der Waals surface area contributed by atoms with E-state index in [9.17, 15) is 0 Å². The predicted molar refractivity (Wildman–Crippen MR) is 63.5 cm³/mol. The number of nitrogens with two attached hydrogens (primary N) is 1. The molecule has 5 nitrogen and oxygen atoms in total. The van der Waals surface area contributed by atoms with Gasteiger partial charge in [-0.3, -0.25) is 0 Å². The van der Waals surface area contributed by atoms with Crippen LogP contribution in [0.1, 0.15) is 19.8 Å². The third-order valence-electron chi connectivity index (χ3n) is 2.65. The standard InChI is InChI=1S/C10H15ClN4O/c1-2-16-7-3-6(4-7)15-10-8(11)9(12)13-5-14-10/h5-7H,2-4H2,1H3,(H3,12,13,14,15). The minimum absolute atomic E-state index is 0.305. The molecule has 1 aromatic heterocycles. The molecule has 0 unspecified atom stereocenters. The Hall–Kier alpha value is -1.07. The Morgan fingerprint density at radius 1 is 1.56 bits per heavy atom. The van der Waals surface area contributed by atoms with Crippen LogP contribution in [0.2, 0.25) is 5.02 Å². The normalized spacial score (nSPS) is 23.9. The van der Waals surface area contributed by atoms with E-state index in [2.05, 4.69) is 15.3 Å². The number of halogens is 1. The minimum Gasteiger partial charge on any atom is -0.382 e. The molecule has 1 saturated carbocycles. The summed E-state index contributed by atoms with van der Waals surface area (Å²) >= 11 is 5.97. The molecule has 3 N–H and O–H groups in total. The number of anilines is 2. The number of ether oxygens (including phenoxy) is 1. The van der Waals surface area contributed by atoms with Gasteiger partial charge in [-0.05, 0) is 19.8 Å². The van der Waals surface area contributed by atoms with Crippen LogP contribution in [-0.2, 0) is 4.74 Å². The van der Waals surface area contributed by atoms with E-state index in [0.717, 1.165) is 19.4 Å². The van der Waals surface area contributed by atoms with Gasteiger partial charge in [-0.2, -0.15) is 0 Å². The fraction of sp³-hybridized carbons (Fsp3) is 0.600. The van der Waals surface area contributed by atoms with Gasteiger partial charge in [0.2, 0.25) is 0 Å². The zero-order chi connectivity index (χ0) is 11.5. The predicted octanol–water partition coefficient (Wildman–Crippen LogP) is 1.69. The van der Waals surface area contributed by atoms with Crippen molar-refractivity contribution < 1.29 is 4.74 Å². The van der Waals surface area contributed by atoms with Crippen LogP contribution >= 0.6 is 11.6 Å². The number of aromatic nitrogens is 2. The maximum atomic E-state index is 5.97. The molecule has 0 amide bonds. The highest BCUT2D eigenvalue weighted by atomic mass is 35.5. The lowest BCUT2D eigenvalue weighted by Crippen LogP contribution is -2.41. The first-order valence-electron chi connectivity index (χ1n) is 5.34. The summed E-state index contributed by atoms with van der Waals surface area (Å²) in [6, 6.07) is 0.364. The lowest BCUT2D eigenvalue weighted by molar-refractivity contribution is 0.00293. The molecule has 0 bridgehead atoms. The molecule has 0 saturated heterocycles. The smallest absolute Gasteiger partial charge is 0.150 e. The molecule has 16 heavy (non-hydrogen) atoms. The third-order valence-corrected chi connectivity index (χ3v) is 3.03. The Bertz CT molecular complexity index is 368. The zero-order valence-electron chi connectivity index (χ0n) is 9.11. The second-order valence-electron chi connectivity index (χ2n) is 3.81. The van der Waals surface area contributed by atoms with Crippen molar-refractivity contribution in [1.82, 2.24) is 9.97 Å². The van der Waals surface area contributed by atoms with Crippen LogP contribution in [0.5, 0.6) is 0 Å². The number of nitrogens with zero attached hydrogens (tertiary/aromatic N) is 2. The first-order chi connectivity index (χ1) is 7.70. The van der Waals surface area contributed by atoms with Gasteiger partial charge in [-0.15, -0.1) is 0 Å². The largest absolute Gasteiger partial charge is 0.382 e. The number of rotatable bonds is 4. The van der Waals surface area contributed by atoms with Crippen molar-refractivity contribution in [1.29, 1.82) is 0 Å². The molecule has 0 aliphatic heterocycles. The topological polar surface area (TPSA) is 73.1 Å². The molecule has 1 aliphatic rings. The Morgan fingerprint density at radius 3 is 3.00 bits per heavy atom. The Labute approximate surface area is 99.4 Å². The maximum absolute atomic E-state index is 5.97. The lowest BCUT2D eigenvalue weighted by Gasteiger charge is -2.35. The molecule has 2 rings (SSSR count). The van der Waals surface area contributed by atoms with Gasteiger partial charge in [-0.25, -0.2) is 9.97 Å². The Morgan fingerprint density at radius 2 is 2.31 bits per heavy atom. The van der Waals surface area contributed by atoms with E-state index in [4.69, 9.17) is 22.1 Å². The number of nitrogen functional groups attached to an aromatic ring is 1. The average Bonchev–Trinajstić information content (AvgIpc) is 2.21. The minimum atomic E-state index is 0.305. The molecular formula is C10H15ClN4O. The first-order valence-corrected chi connectivity index (χ1v) is 5.72. The molecule has 88 valence electrons. The molecular weight excluding hydrogens is 228 g/mol. The fourth-order valence-electron chi connectivity index (χ4n) is 1.73. The fourth-order valence-corrected chi connectivity index (χ4v) is 1.88. The summed E-state index contributed by atoms with van der Waals surface area (Å²) in [4.78, 5) is 7.86. The monoisotopic (exact) mass is 242 g/mol. The van der Waals surface area contributed by atoms with Crippen molar-refractivity contribution in [3.8, 4) is 0 Å². The molecule has 0 radical (unpaired) electrons. The Kier molecular flexibility index (Phi) is 3.46. The van der Waals surface area contributed by atoms with Crippen LogP contribution in [0.3, 0.4) is 0 Å². The van der Waals surface area contributed by atoms with Gasteiger partial charge < -0.3 is 15.8 Å². The van der Waals surface area contributed by atoms with Gasteiger partial charge in [0, 0.05) is 12.6 Å². The van der Waals surface area contributed by atoms with E-state index < -0.39 is 0 Å². The summed E-state index contributed by atoms with van der Waals surface area (Å²) in [6.45, 7) is 2.77. The van der Waals surface area contributed by atoms with Crippen molar-refractivity contribution in [2.75, 3.05) is 17.7 Å². The van der Waals surface area contributed by atoms with Crippen LogP contribution in [0.15, 0.2) is 6.33 Å². The van der Waals surface area contributed by atoms with Gasteiger partial charge in [0.05, 0.1) is 6.10 Å². The Balaban J connectivity index is 1.89. The molecule has 0 spiro atoms. The van der Waals surface area contributed by atoms with Crippen molar-refractivity contribution >= 4 is 23.2 Å². The van der Waals surface area contributed by atoms with Gasteiger partial charge in [0.25, 0.3) is 0 Å². The van der Waals surface area contributed by atoms with Crippen molar-refractivity contribution in [2.24, 2.45) is 0 Å². The summed E-state index contributed by atoms with van der Waals surface area (Å²) < 4.78 is 5.47. The second-order valence-corrected chi connectivity index (χ2v) is 4.19. The van der Waals surface area contributed by atoms with Crippen LogP contribution in [0.4, 0.5) is 11.6 Å². The number of nitrogens with one attached hydrogen (secondary N) is 1. The van der Waals surface area contributed by atoms with Crippen LogP contribution in [-0.4, -0.2) is 28.7 Å². The maximum Gasteiger partial charge on any atom is 0.150 e. The molecule has 0 atom stereocenters. The molecule has 1 aromatic rings. The second kappa shape index (κ2) is 4.84. The van der Waals surface area contributed by atoms with Gasteiger partial charge in [0.15, 0.2) is 5.82 Å². The van der Waals surface area contributed by atoms with E-state index in [1.54, 1.807) is 0 Å². The summed E-state index contributed by atoms with van der Waals surface area (Å²) in [7, 11) is 0. The van der Waals surface area contributed by atoms with E-state index in [1.807, 2.05) is 6.92 Å². The summed E-state index contributed by atoms with van der Waals surface area (Å²) in [6.07, 6.45) is 3.73. The van der Waals surface area contributed by atoms with E-state index in [0.29, 0.717) is 28.8 Å². The highest BCUT2D eigenvalue weighted by Crippen LogP contribution is 2.30. The highest BCUT2D eigenvalue weighted by molar-refractivity contribution is 6.35. The molecule has 6 heteroatoms. The van der Waals surface area contributed by atoms with Gasteiger partial charge in [-0.1, -0.05) is 11.6 Å². The van der Waals surface area contributed by atoms with Crippen LogP contribution in [0.25, 0.3) is 0 Å². The van der Waals surface area contributed by atoms with Crippen molar-refractivity contribution in [2.45, 2.75) is 31.9 Å². The van der Waals surface area contributed by atoms with Crippen LogP contribution < -0.4 is 11.1 Å². The van der Waals surface area contributed by atoms with Crippen LogP contribution in [0, 0.1) is 0 Å². The zero-order valence-corrected chi connectivity index (χ0v) is 9.87.